The molecule has 0 amide bonds. The molecule has 112 valence electrons. The van der Waals surface area contributed by atoms with E-state index in [1.54, 1.807) is 11.6 Å². The van der Waals surface area contributed by atoms with E-state index in [-0.39, 0.29) is 31.5 Å². The van der Waals surface area contributed by atoms with Crippen LogP contribution in [-0.4, -0.2) is 51.0 Å². The molecule has 0 saturated heterocycles. The average molecular weight is 284 g/mol. The van der Waals surface area contributed by atoms with Crippen LogP contribution >= 0.6 is 0 Å². The van der Waals surface area contributed by atoms with E-state index in [1.165, 1.54) is 17.2 Å². The zero-order valence-corrected chi connectivity index (χ0v) is 11.6. The summed E-state index contributed by atoms with van der Waals surface area (Å²) in [7, 11) is 1.62. The zero-order valence-electron chi connectivity index (χ0n) is 11.6. The molecule has 1 heterocycles. The van der Waals surface area contributed by atoms with Gasteiger partial charge in [-0.05, 0) is 13.5 Å². The van der Waals surface area contributed by atoms with Gasteiger partial charge in [-0.2, -0.15) is 0 Å². The van der Waals surface area contributed by atoms with Crippen molar-refractivity contribution in [3.63, 3.8) is 0 Å². The summed E-state index contributed by atoms with van der Waals surface area (Å²) in [5, 5.41) is 27.6. The Kier molecular flexibility index (Phi) is 5.72. The lowest BCUT2D eigenvalue weighted by atomic mass is 10.2. The van der Waals surface area contributed by atoms with Crippen molar-refractivity contribution in [2.75, 3.05) is 20.2 Å². The molecule has 1 aromatic rings. The van der Waals surface area contributed by atoms with Crippen molar-refractivity contribution in [3.05, 3.63) is 28.2 Å². The minimum absolute atomic E-state index is 0.131. The number of hydrogen-bond donors (Lipinski definition) is 3. The molecule has 20 heavy (non-hydrogen) atoms. The number of aromatic nitrogens is 1. The molecular formula is C13H20N2O5. The summed E-state index contributed by atoms with van der Waals surface area (Å²) in [6, 6.07) is 1.00. The van der Waals surface area contributed by atoms with Gasteiger partial charge in [-0.1, -0.05) is 6.92 Å². The van der Waals surface area contributed by atoms with E-state index in [0.717, 1.165) is 0 Å². The molecule has 0 aliphatic carbocycles. The van der Waals surface area contributed by atoms with E-state index >= 15 is 0 Å². The number of carboxylic acids is 1. The monoisotopic (exact) mass is 284 g/mol. The largest absolute Gasteiger partial charge is 0.503 e. The predicted octanol–water partition coefficient (Wildman–Crippen LogP) is 0.0137. The fourth-order valence-corrected chi connectivity index (χ4v) is 2.02. The normalized spacial score (nSPS) is 12.6. The van der Waals surface area contributed by atoms with Gasteiger partial charge in [0.25, 0.3) is 0 Å². The van der Waals surface area contributed by atoms with E-state index < -0.39 is 11.4 Å². The second kappa shape index (κ2) is 7.06. The van der Waals surface area contributed by atoms with Crippen molar-refractivity contribution >= 4 is 5.97 Å². The molecule has 0 bridgehead atoms. The molecule has 0 aliphatic heterocycles. The Bertz CT molecular complexity index is 522. The third-order valence-corrected chi connectivity index (χ3v) is 3.06. The maximum atomic E-state index is 11.5. The Morgan fingerprint density at radius 2 is 2.15 bits per heavy atom. The Morgan fingerprint density at radius 3 is 2.65 bits per heavy atom. The Balaban J connectivity index is 3.12. The summed E-state index contributed by atoms with van der Waals surface area (Å²) >= 11 is 0. The summed E-state index contributed by atoms with van der Waals surface area (Å²) < 4.78 is 1.62. The zero-order chi connectivity index (χ0) is 15.3. The van der Waals surface area contributed by atoms with Crippen LogP contribution in [0, 0.1) is 0 Å². The first-order valence-corrected chi connectivity index (χ1v) is 6.34. The maximum absolute atomic E-state index is 11.5. The summed E-state index contributed by atoms with van der Waals surface area (Å²) in [4.78, 5) is 23.7. The van der Waals surface area contributed by atoms with Gasteiger partial charge in [-0.3, -0.25) is 14.5 Å². The molecule has 0 radical (unpaired) electrons. The lowest BCUT2D eigenvalue weighted by molar-refractivity contribution is -0.138. The van der Waals surface area contributed by atoms with Crippen LogP contribution in [0.1, 0.15) is 25.1 Å². The number of rotatable bonds is 7. The first-order chi connectivity index (χ1) is 9.38. The van der Waals surface area contributed by atoms with Gasteiger partial charge < -0.3 is 19.9 Å². The van der Waals surface area contributed by atoms with Gasteiger partial charge in [0.15, 0.2) is 5.75 Å². The molecule has 1 rings (SSSR count). The van der Waals surface area contributed by atoms with E-state index in [4.69, 9.17) is 5.11 Å². The number of pyridine rings is 1. The number of likely N-dealkylation sites (N-methyl/N-ethyl adjacent to an activating group) is 1. The van der Waals surface area contributed by atoms with Crippen molar-refractivity contribution in [1.82, 2.24) is 9.47 Å². The summed E-state index contributed by atoms with van der Waals surface area (Å²) in [5.74, 6) is -1.35. The summed E-state index contributed by atoms with van der Waals surface area (Å²) in [6.07, 6.45) is 1.91. The fourth-order valence-electron chi connectivity index (χ4n) is 2.02. The molecule has 7 nitrogen and oxygen atoms in total. The van der Waals surface area contributed by atoms with Crippen LogP contribution in [-0.2, 0) is 11.3 Å². The quantitative estimate of drug-likeness (QED) is 0.652. The molecule has 0 saturated carbocycles. The highest BCUT2D eigenvalue weighted by molar-refractivity contribution is 5.69. The van der Waals surface area contributed by atoms with Crippen LogP contribution in [0.25, 0.3) is 0 Å². The molecule has 0 spiro atoms. The molecule has 1 unspecified atom stereocenters. The third kappa shape index (κ3) is 4.07. The number of aliphatic hydroxyl groups is 1. The van der Waals surface area contributed by atoms with Crippen molar-refractivity contribution in [2.24, 2.45) is 0 Å². The third-order valence-electron chi connectivity index (χ3n) is 3.06. The Hall–Kier alpha value is -1.86. The molecular weight excluding hydrogens is 264 g/mol. The number of nitrogens with zero attached hydrogens (tertiary/aromatic N) is 2. The van der Waals surface area contributed by atoms with E-state index in [2.05, 4.69) is 0 Å². The maximum Gasteiger partial charge on any atom is 0.317 e. The van der Waals surface area contributed by atoms with E-state index in [1.807, 2.05) is 6.92 Å². The second-order valence-corrected chi connectivity index (χ2v) is 4.73. The first-order valence-electron chi connectivity index (χ1n) is 6.34. The molecule has 0 aromatic carbocycles. The highest BCUT2D eigenvalue weighted by Gasteiger charge is 2.15. The van der Waals surface area contributed by atoms with Gasteiger partial charge in [-0.25, -0.2) is 0 Å². The van der Waals surface area contributed by atoms with Crippen LogP contribution < -0.4 is 5.43 Å². The van der Waals surface area contributed by atoms with Gasteiger partial charge in [0.2, 0.25) is 5.43 Å². The lowest BCUT2D eigenvalue weighted by Gasteiger charge is -2.24. The number of aliphatic hydroxyl groups excluding tert-OH is 1. The number of carboxylic acid groups (broad SMARTS) is 1. The van der Waals surface area contributed by atoms with Gasteiger partial charge >= 0.3 is 5.97 Å². The fraction of sp³-hybridized carbons (Fsp3) is 0.538. The van der Waals surface area contributed by atoms with Crippen LogP contribution in [0.4, 0.5) is 0 Å². The van der Waals surface area contributed by atoms with Gasteiger partial charge in [-0.15, -0.1) is 0 Å². The first kappa shape index (κ1) is 16.2. The minimum atomic E-state index is -0.964. The number of aromatic hydroxyl groups is 1. The Labute approximate surface area is 116 Å². The number of aliphatic carboxylic acids is 1. The second-order valence-electron chi connectivity index (χ2n) is 4.73. The topological polar surface area (TPSA) is 103 Å². The predicted molar refractivity (Wildman–Crippen MR) is 72.8 cm³/mol. The molecule has 3 N–H and O–H groups in total. The SMILES string of the molecule is CCC(CO)n1cc(O)c(=O)cc1CN(C)CC(=O)O. The van der Waals surface area contributed by atoms with Gasteiger partial charge in [0.05, 0.1) is 25.4 Å². The molecule has 1 atom stereocenters. The highest BCUT2D eigenvalue weighted by Crippen LogP contribution is 2.17. The number of carbonyl (C=O) groups is 1. The highest BCUT2D eigenvalue weighted by atomic mass is 16.4. The molecule has 0 fully saturated rings. The molecule has 0 aliphatic rings. The lowest BCUT2D eigenvalue weighted by Crippen LogP contribution is -2.29. The van der Waals surface area contributed by atoms with Crippen molar-refractivity contribution in [1.29, 1.82) is 0 Å². The van der Waals surface area contributed by atoms with Crippen LogP contribution in [0.5, 0.6) is 5.75 Å². The minimum Gasteiger partial charge on any atom is -0.503 e. The van der Waals surface area contributed by atoms with Crippen molar-refractivity contribution < 1.29 is 20.1 Å². The average Bonchev–Trinajstić information content (AvgIpc) is 2.35. The smallest absolute Gasteiger partial charge is 0.317 e. The van der Waals surface area contributed by atoms with Crippen molar-refractivity contribution in [3.8, 4) is 5.75 Å². The summed E-state index contributed by atoms with van der Waals surface area (Å²) in [6.45, 7) is 1.82. The van der Waals surface area contributed by atoms with Crippen LogP contribution in [0.2, 0.25) is 0 Å². The van der Waals surface area contributed by atoms with Crippen molar-refractivity contribution in [2.45, 2.75) is 25.9 Å². The standard InChI is InChI=1S/C13H20N2O5/c1-3-9(8-16)15-6-12(18)11(17)4-10(15)5-14(2)7-13(19)20/h4,6,9,16,18H,3,5,7-8H2,1-2H3,(H,19,20). The van der Waals surface area contributed by atoms with Gasteiger partial charge in [0.1, 0.15) is 0 Å². The van der Waals surface area contributed by atoms with Crippen LogP contribution in [0.15, 0.2) is 17.1 Å². The Morgan fingerprint density at radius 1 is 1.50 bits per heavy atom. The van der Waals surface area contributed by atoms with Crippen LogP contribution in [0.3, 0.4) is 0 Å². The molecule has 1 aromatic heterocycles. The molecule has 7 heteroatoms. The van der Waals surface area contributed by atoms with E-state index in [0.29, 0.717) is 12.1 Å². The van der Waals surface area contributed by atoms with Gasteiger partial charge in [0, 0.05) is 18.3 Å². The summed E-state index contributed by atoms with van der Waals surface area (Å²) in [5.41, 5.74) is 0.0326. The number of hydrogen-bond acceptors (Lipinski definition) is 5. The van der Waals surface area contributed by atoms with E-state index in [9.17, 15) is 19.8 Å².